The van der Waals surface area contributed by atoms with Crippen molar-refractivity contribution >= 4 is 17.6 Å². The Balaban J connectivity index is 2.23. The summed E-state index contributed by atoms with van der Waals surface area (Å²) in [5, 5.41) is 2.81. The first-order valence-corrected chi connectivity index (χ1v) is 6.22. The Morgan fingerprint density at radius 1 is 1.26 bits per heavy atom. The van der Waals surface area contributed by atoms with Gasteiger partial charge in [0.2, 0.25) is 5.91 Å². The van der Waals surface area contributed by atoms with Crippen molar-refractivity contribution in [3.63, 3.8) is 0 Å². The Labute approximate surface area is 113 Å². The van der Waals surface area contributed by atoms with E-state index in [0.717, 1.165) is 5.69 Å². The smallest absolute Gasteiger partial charge is 0.305 e. The lowest BCUT2D eigenvalue weighted by atomic mass is 10.3. The SMILES string of the molecule is COC(=O)CCCN(C)CC(=O)Nc1ccccc1. The second-order valence-corrected chi connectivity index (χ2v) is 4.33. The number of nitrogens with one attached hydrogen (secondary N) is 1. The molecule has 104 valence electrons. The third-order valence-electron chi connectivity index (χ3n) is 2.62. The number of amides is 1. The number of para-hydroxylation sites is 1. The van der Waals surface area contributed by atoms with E-state index in [4.69, 9.17) is 0 Å². The number of rotatable bonds is 7. The van der Waals surface area contributed by atoms with Crippen molar-refractivity contribution in [2.45, 2.75) is 12.8 Å². The maximum absolute atomic E-state index is 11.7. The molecular formula is C14H20N2O3. The summed E-state index contributed by atoms with van der Waals surface area (Å²) >= 11 is 0. The zero-order valence-electron chi connectivity index (χ0n) is 11.4. The Hall–Kier alpha value is -1.88. The average molecular weight is 264 g/mol. The van der Waals surface area contributed by atoms with Crippen molar-refractivity contribution in [1.82, 2.24) is 4.90 Å². The first-order valence-electron chi connectivity index (χ1n) is 6.22. The maximum Gasteiger partial charge on any atom is 0.305 e. The highest BCUT2D eigenvalue weighted by Gasteiger charge is 2.07. The van der Waals surface area contributed by atoms with Crippen LogP contribution in [0.1, 0.15) is 12.8 Å². The van der Waals surface area contributed by atoms with Crippen LogP contribution in [0, 0.1) is 0 Å². The van der Waals surface area contributed by atoms with Crippen LogP contribution in [0.4, 0.5) is 5.69 Å². The summed E-state index contributed by atoms with van der Waals surface area (Å²) in [6.45, 7) is 0.980. The summed E-state index contributed by atoms with van der Waals surface area (Å²) in [7, 11) is 3.22. The molecule has 0 unspecified atom stereocenters. The molecule has 1 rings (SSSR count). The molecule has 5 heteroatoms. The lowest BCUT2D eigenvalue weighted by Crippen LogP contribution is -2.31. The van der Waals surface area contributed by atoms with Gasteiger partial charge in [0.25, 0.3) is 0 Å². The Kier molecular flexibility index (Phi) is 6.60. The molecule has 0 heterocycles. The number of carbonyl (C=O) groups excluding carboxylic acids is 2. The molecule has 0 aromatic heterocycles. The van der Waals surface area contributed by atoms with Gasteiger partial charge in [-0.05, 0) is 32.1 Å². The van der Waals surface area contributed by atoms with Gasteiger partial charge in [0.1, 0.15) is 0 Å². The number of ether oxygens (including phenoxy) is 1. The van der Waals surface area contributed by atoms with E-state index in [9.17, 15) is 9.59 Å². The fraction of sp³-hybridized carbons (Fsp3) is 0.429. The van der Waals surface area contributed by atoms with Crippen LogP contribution in [0.2, 0.25) is 0 Å². The third kappa shape index (κ3) is 6.57. The summed E-state index contributed by atoms with van der Waals surface area (Å²) < 4.78 is 4.56. The van der Waals surface area contributed by atoms with Crippen LogP contribution in [-0.4, -0.2) is 44.0 Å². The third-order valence-corrected chi connectivity index (χ3v) is 2.62. The molecule has 0 aliphatic carbocycles. The number of anilines is 1. The first kappa shape index (κ1) is 15.2. The molecule has 1 aromatic rings. The lowest BCUT2D eigenvalue weighted by molar-refractivity contribution is -0.140. The van der Waals surface area contributed by atoms with Crippen molar-refractivity contribution in [3.05, 3.63) is 30.3 Å². The Bertz CT molecular complexity index is 406. The zero-order valence-corrected chi connectivity index (χ0v) is 11.4. The van der Waals surface area contributed by atoms with E-state index in [1.807, 2.05) is 42.3 Å². The predicted octanol–water partition coefficient (Wildman–Crippen LogP) is 1.51. The molecule has 1 amide bonds. The fourth-order valence-corrected chi connectivity index (χ4v) is 1.64. The predicted molar refractivity (Wildman–Crippen MR) is 73.8 cm³/mol. The van der Waals surface area contributed by atoms with Crippen LogP contribution >= 0.6 is 0 Å². The van der Waals surface area contributed by atoms with Gasteiger partial charge in [0.05, 0.1) is 13.7 Å². The van der Waals surface area contributed by atoms with E-state index in [0.29, 0.717) is 25.9 Å². The number of esters is 1. The van der Waals surface area contributed by atoms with Gasteiger partial charge in [-0.3, -0.25) is 14.5 Å². The largest absolute Gasteiger partial charge is 0.469 e. The van der Waals surface area contributed by atoms with E-state index in [-0.39, 0.29) is 11.9 Å². The highest BCUT2D eigenvalue weighted by molar-refractivity contribution is 5.92. The van der Waals surface area contributed by atoms with Gasteiger partial charge >= 0.3 is 5.97 Å². The topological polar surface area (TPSA) is 58.6 Å². The number of hydrogen-bond donors (Lipinski definition) is 1. The quantitative estimate of drug-likeness (QED) is 0.758. The number of methoxy groups -OCH3 is 1. The van der Waals surface area contributed by atoms with Crippen LogP contribution in [0.3, 0.4) is 0 Å². The van der Waals surface area contributed by atoms with E-state index < -0.39 is 0 Å². The monoisotopic (exact) mass is 264 g/mol. The van der Waals surface area contributed by atoms with Crippen LogP contribution in [-0.2, 0) is 14.3 Å². The van der Waals surface area contributed by atoms with Gasteiger partial charge in [-0.15, -0.1) is 0 Å². The molecule has 19 heavy (non-hydrogen) atoms. The molecular weight excluding hydrogens is 244 g/mol. The van der Waals surface area contributed by atoms with Gasteiger partial charge in [-0.25, -0.2) is 0 Å². The molecule has 0 bridgehead atoms. The molecule has 0 spiro atoms. The van der Waals surface area contributed by atoms with Crippen molar-refractivity contribution < 1.29 is 14.3 Å². The molecule has 0 atom stereocenters. The minimum Gasteiger partial charge on any atom is -0.469 e. The molecule has 0 saturated carbocycles. The minimum atomic E-state index is -0.220. The van der Waals surface area contributed by atoms with Crippen molar-refractivity contribution in [3.8, 4) is 0 Å². The summed E-state index contributed by atoms with van der Waals surface area (Å²) in [4.78, 5) is 24.5. The van der Waals surface area contributed by atoms with Crippen LogP contribution < -0.4 is 5.32 Å². The van der Waals surface area contributed by atoms with Gasteiger partial charge in [0.15, 0.2) is 0 Å². The average Bonchev–Trinajstić information content (AvgIpc) is 2.39. The van der Waals surface area contributed by atoms with Crippen LogP contribution in [0.25, 0.3) is 0 Å². The van der Waals surface area contributed by atoms with Gasteiger partial charge in [-0.1, -0.05) is 18.2 Å². The van der Waals surface area contributed by atoms with Gasteiger partial charge < -0.3 is 10.1 Å². The molecule has 5 nitrogen and oxygen atoms in total. The summed E-state index contributed by atoms with van der Waals surface area (Å²) in [6, 6.07) is 9.32. The number of likely N-dealkylation sites (N-methyl/N-ethyl adjacent to an activating group) is 1. The molecule has 0 radical (unpaired) electrons. The standard InChI is InChI=1S/C14H20N2O3/c1-16(10-6-9-14(18)19-2)11-13(17)15-12-7-4-3-5-8-12/h3-5,7-8H,6,9-11H2,1-2H3,(H,15,17). The molecule has 0 fully saturated rings. The summed E-state index contributed by atoms with van der Waals surface area (Å²) in [5.74, 6) is -0.283. The number of hydrogen-bond acceptors (Lipinski definition) is 4. The van der Waals surface area contributed by atoms with E-state index in [2.05, 4.69) is 10.1 Å². The normalized spacial score (nSPS) is 10.3. The van der Waals surface area contributed by atoms with Crippen molar-refractivity contribution in [1.29, 1.82) is 0 Å². The summed E-state index contributed by atoms with van der Waals surface area (Å²) in [5.41, 5.74) is 0.787. The molecule has 0 aliphatic heterocycles. The fourth-order valence-electron chi connectivity index (χ4n) is 1.64. The Morgan fingerprint density at radius 2 is 1.95 bits per heavy atom. The van der Waals surface area contributed by atoms with E-state index >= 15 is 0 Å². The maximum atomic E-state index is 11.7. The molecule has 0 saturated heterocycles. The van der Waals surface area contributed by atoms with Gasteiger partial charge in [-0.2, -0.15) is 0 Å². The second-order valence-electron chi connectivity index (χ2n) is 4.33. The van der Waals surface area contributed by atoms with Crippen molar-refractivity contribution in [2.75, 3.05) is 32.6 Å². The van der Waals surface area contributed by atoms with Crippen LogP contribution in [0.15, 0.2) is 30.3 Å². The minimum absolute atomic E-state index is 0.0632. The van der Waals surface area contributed by atoms with E-state index in [1.165, 1.54) is 7.11 Å². The highest BCUT2D eigenvalue weighted by Crippen LogP contribution is 2.04. The van der Waals surface area contributed by atoms with Crippen molar-refractivity contribution in [2.24, 2.45) is 0 Å². The van der Waals surface area contributed by atoms with Gasteiger partial charge in [0, 0.05) is 12.1 Å². The first-order chi connectivity index (χ1) is 9.11. The molecule has 1 N–H and O–H groups in total. The second kappa shape index (κ2) is 8.26. The molecule has 1 aromatic carbocycles. The van der Waals surface area contributed by atoms with E-state index in [1.54, 1.807) is 0 Å². The van der Waals surface area contributed by atoms with Crippen LogP contribution in [0.5, 0.6) is 0 Å². The number of benzene rings is 1. The summed E-state index contributed by atoms with van der Waals surface area (Å²) in [6.07, 6.45) is 1.06. The zero-order chi connectivity index (χ0) is 14.1. The highest BCUT2D eigenvalue weighted by atomic mass is 16.5. The lowest BCUT2D eigenvalue weighted by Gasteiger charge is -2.15. The molecule has 0 aliphatic rings. The Morgan fingerprint density at radius 3 is 2.58 bits per heavy atom. The number of nitrogens with zero attached hydrogens (tertiary/aromatic N) is 1. The number of carbonyl (C=O) groups is 2.